The maximum Gasteiger partial charge on any atom is 0.185 e. The molecule has 0 atom stereocenters. The molecule has 19 heavy (non-hydrogen) atoms. The highest BCUT2D eigenvalue weighted by Crippen LogP contribution is 2.25. The lowest BCUT2D eigenvalue weighted by molar-refractivity contribution is 0.0357. The third kappa shape index (κ3) is 4.16. The summed E-state index contributed by atoms with van der Waals surface area (Å²) in [5.41, 5.74) is -1.09. The Bertz CT molecular complexity index is 588. The number of rotatable bonds is 5. The normalized spacial score (nSPS) is 12.2. The van der Waals surface area contributed by atoms with Crippen LogP contribution < -0.4 is 0 Å². The van der Waals surface area contributed by atoms with Gasteiger partial charge in [0, 0.05) is 0 Å². The van der Waals surface area contributed by atoms with Gasteiger partial charge in [0.25, 0.3) is 0 Å². The molecule has 0 aliphatic rings. The Morgan fingerprint density at radius 2 is 2.11 bits per heavy atom. The van der Waals surface area contributed by atoms with E-state index in [4.69, 9.17) is 21.6 Å². The van der Waals surface area contributed by atoms with E-state index in [0.717, 1.165) is 6.07 Å². The highest BCUT2D eigenvalue weighted by Gasteiger charge is 2.24. The van der Waals surface area contributed by atoms with E-state index in [0.29, 0.717) is 0 Å². The molecular weight excluding hydrogens is 293 g/mol. The molecule has 0 bridgehead atoms. The fourth-order valence-corrected chi connectivity index (χ4v) is 3.07. The van der Waals surface area contributed by atoms with E-state index in [2.05, 4.69) is 0 Å². The van der Waals surface area contributed by atoms with Gasteiger partial charge in [-0.25, -0.2) is 12.8 Å². The maximum atomic E-state index is 13.5. The van der Waals surface area contributed by atoms with E-state index in [1.165, 1.54) is 26.0 Å². The molecule has 0 radical (unpaired) electrons. The standard InChI is InChI=1S/C12H13ClFNO3S/c1-12(2,8-15)18-6-7-19(16,17)11-9(13)4-3-5-10(11)14/h3-5H,6-7H2,1-2H3. The van der Waals surface area contributed by atoms with Crippen molar-refractivity contribution >= 4 is 21.4 Å². The summed E-state index contributed by atoms with van der Waals surface area (Å²) in [7, 11) is -3.89. The zero-order chi connectivity index (χ0) is 14.7. The van der Waals surface area contributed by atoms with Gasteiger partial charge in [-0.15, -0.1) is 0 Å². The van der Waals surface area contributed by atoms with E-state index < -0.39 is 31.9 Å². The van der Waals surface area contributed by atoms with Crippen molar-refractivity contribution in [3.05, 3.63) is 29.0 Å². The second kappa shape index (κ2) is 5.87. The Kier molecular flexibility index (Phi) is 4.91. The fraction of sp³-hybridized carbons (Fsp3) is 0.417. The molecule has 0 aliphatic heterocycles. The summed E-state index contributed by atoms with van der Waals surface area (Å²) in [5, 5.41) is 8.56. The van der Waals surface area contributed by atoms with Crippen LogP contribution in [0.5, 0.6) is 0 Å². The summed E-state index contributed by atoms with van der Waals surface area (Å²) in [5.74, 6) is -1.34. The zero-order valence-corrected chi connectivity index (χ0v) is 12.1. The number of sulfone groups is 1. The smallest absolute Gasteiger partial charge is 0.185 e. The highest BCUT2D eigenvalue weighted by molar-refractivity contribution is 7.91. The highest BCUT2D eigenvalue weighted by atomic mass is 35.5. The predicted octanol–water partition coefficient (Wildman–Crippen LogP) is 2.57. The van der Waals surface area contributed by atoms with Crippen LogP contribution in [0.4, 0.5) is 4.39 Å². The van der Waals surface area contributed by atoms with Crippen molar-refractivity contribution in [3.63, 3.8) is 0 Å². The minimum absolute atomic E-state index is 0.167. The first-order chi connectivity index (χ1) is 8.69. The molecule has 0 aliphatic carbocycles. The van der Waals surface area contributed by atoms with Gasteiger partial charge in [0.05, 0.1) is 23.5 Å². The second-order valence-electron chi connectivity index (χ2n) is 4.34. The second-order valence-corrected chi connectivity index (χ2v) is 6.79. The summed E-state index contributed by atoms with van der Waals surface area (Å²) in [6.45, 7) is 2.80. The van der Waals surface area contributed by atoms with Crippen LogP contribution in [0.15, 0.2) is 23.1 Å². The van der Waals surface area contributed by atoms with E-state index in [1.54, 1.807) is 0 Å². The molecule has 1 rings (SSSR count). The number of nitriles is 1. The van der Waals surface area contributed by atoms with Crippen molar-refractivity contribution in [2.75, 3.05) is 12.4 Å². The molecule has 1 aromatic carbocycles. The summed E-state index contributed by atoms with van der Waals surface area (Å²) < 4.78 is 42.5. The summed E-state index contributed by atoms with van der Waals surface area (Å²) in [6.07, 6.45) is 0. The first kappa shape index (κ1) is 15.9. The lowest BCUT2D eigenvalue weighted by atomic mass is 10.2. The van der Waals surface area contributed by atoms with Gasteiger partial charge >= 0.3 is 0 Å². The summed E-state index contributed by atoms with van der Waals surface area (Å²) >= 11 is 5.70. The topological polar surface area (TPSA) is 67.2 Å². The molecule has 4 nitrogen and oxygen atoms in total. The quantitative estimate of drug-likeness (QED) is 0.838. The van der Waals surface area contributed by atoms with Gasteiger partial charge in [-0.1, -0.05) is 17.7 Å². The number of hydrogen-bond acceptors (Lipinski definition) is 4. The maximum absolute atomic E-state index is 13.5. The number of nitrogens with zero attached hydrogens (tertiary/aromatic N) is 1. The van der Waals surface area contributed by atoms with Crippen LogP contribution in [0.2, 0.25) is 5.02 Å². The van der Waals surface area contributed by atoms with Gasteiger partial charge in [-0.05, 0) is 26.0 Å². The molecule has 0 saturated carbocycles. The number of hydrogen-bond donors (Lipinski definition) is 0. The molecule has 0 saturated heterocycles. The van der Waals surface area contributed by atoms with Gasteiger partial charge in [0.2, 0.25) is 0 Å². The molecule has 0 unspecified atom stereocenters. The Labute approximate surface area is 116 Å². The fourth-order valence-electron chi connectivity index (χ4n) is 1.32. The van der Waals surface area contributed by atoms with Crippen LogP contribution in [0.3, 0.4) is 0 Å². The van der Waals surface area contributed by atoms with Crippen LogP contribution in [-0.4, -0.2) is 26.4 Å². The molecule has 0 heterocycles. The van der Waals surface area contributed by atoms with Gasteiger partial charge in [0.15, 0.2) is 9.84 Å². The van der Waals surface area contributed by atoms with Crippen LogP contribution >= 0.6 is 11.6 Å². The Balaban J connectivity index is 2.87. The first-order valence-electron chi connectivity index (χ1n) is 5.41. The molecule has 0 fully saturated rings. The third-order valence-corrected chi connectivity index (χ3v) is 4.48. The largest absolute Gasteiger partial charge is 0.360 e. The summed E-state index contributed by atoms with van der Waals surface area (Å²) in [4.78, 5) is -0.532. The molecule has 7 heteroatoms. The average Bonchev–Trinajstić information content (AvgIpc) is 2.27. The van der Waals surface area contributed by atoms with E-state index in [9.17, 15) is 12.8 Å². The number of benzene rings is 1. The van der Waals surface area contributed by atoms with Crippen LogP contribution in [0.1, 0.15) is 13.8 Å². The van der Waals surface area contributed by atoms with Crippen molar-refractivity contribution in [2.45, 2.75) is 24.3 Å². The lowest BCUT2D eigenvalue weighted by Gasteiger charge is -2.16. The molecule has 0 amide bonds. The number of ether oxygens (including phenoxy) is 1. The van der Waals surface area contributed by atoms with Crippen LogP contribution in [0, 0.1) is 17.1 Å². The Morgan fingerprint density at radius 3 is 2.63 bits per heavy atom. The minimum atomic E-state index is -3.89. The van der Waals surface area contributed by atoms with Gasteiger partial charge < -0.3 is 4.74 Å². The first-order valence-corrected chi connectivity index (χ1v) is 7.44. The van der Waals surface area contributed by atoms with E-state index >= 15 is 0 Å². The average molecular weight is 306 g/mol. The molecule has 0 aromatic heterocycles. The Morgan fingerprint density at radius 1 is 1.47 bits per heavy atom. The SMILES string of the molecule is CC(C)(C#N)OCCS(=O)(=O)c1c(F)cccc1Cl. The van der Waals surface area contributed by atoms with Crippen molar-refractivity contribution in [2.24, 2.45) is 0 Å². The van der Waals surface area contributed by atoms with Gasteiger partial charge in [-0.2, -0.15) is 5.26 Å². The molecule has 1 aromatic rings. The predicted molar refractivity (Wildman–Crippen MR) is 69.1 cm³/mol. The van der Waals surface area contributed by atoms with Crippen molar-refractivity contribution in [1.82, 2.24) is 0 Å². The molecule has 0 spiro atoms. The van der Waals surface area contributed by atoms with Gasteiger partial charge in [-0.3, -0.25) is 0 Å². The molecule has 0 N–H and O–H groups in total. The monoisotopic (exact) mass is 305 g/mol. The van der Waals surface area contributed by atoms with Gasteiger partial charge in [0.1, 0.15) is 16.3 Å². The third-order valence-electron chi connectivity index (χ3n) is 2.31. The van der Waals surface area contributed by atoms with Crippen LogP contribution in [-0.2, 0) is 14.6 Å². The van der Waals surface area contributed by atoms with Crippen molar-refractivity contribution < 1.29 is 17.5 Å². The Hall–Kier alpha value is -1.16. The molecular formula is C12H13ClFNO3S. The van der Waals surface area contributed by atoms with Crippen molar-refractivity contribution in [3.8, 4) is 6.07 Å². The van der Waals surface area contributed by atoms with Crippen LogP contribution in [0.25, 0.3) is 0 Å². The lowest BCUT2D eigenvalue weighted by Crippen LogP contribution is -2.25. The number of halogens is 2. The van der Waals surface area contributed by atoms with E-state index in [-0.39, 0.29) is 11.6 Å². The zero-order valence-electron chi connectivity index (χ0n) is 10.5. The van der Waals surface area contributed by atoms with E-state index in [1.807, 2.05) is 6.07 Å². The minimum Gasteiger partial charge on any atom is -0.360 e. The summed E-state index contributed by atoms with van der Waals surface area (Å²) in [6, 6.07) is 5.53. The van der Waals surface area contributed by atoms with Crippen molar-refractivity contribution in [1.29, 1.82) is 5.26 Å². The molecule has 104 valence electrons.